The van der Waals surface area contributed by atoms with Crippen LogP contribution in [0.25, 0.3) is 10.9 Å². The zero-order chi connectivity index (χ0) is 26.6. The van der Waals surface area contributed by atoms with Crippen molar-refractivity contribution in [1.82, 2.24) is 29.2 Å². The molecule has 38 heavy (non-hydrogen) atoms. The first kappa shape index (κ1) is 24.1. The minimum Gasteiger partial charge on any atom is -0.439 e. The van der Waals surface area contributed by atoms with Gasteiger partial charge in [-0.1, -0.05) is 13.8 Å². The standard InChI is InChI=1S/C28H31N7O3/c1-17-12-21-22(15-34(17)18(2)36)29-16-30-26(21)38-20-6-7-23-19(13-20)8-11-33(23)27(37)31-25-14-24-28(3,4)9-5-10-35(24)32-25/h6-8,11,13-14,16-17H,5,9-10,12,15H2,1-4H3,(H,31,32,37)/t17-/m0/s1. The maximum absolute atomic E-state index is 13.1. The van der Waals surface area contributed by atoms with Gasteiger partial charge in [0.1, 0.15) is 12.1 Å². The van der Waals surface area contributed by atoms with Gasteiger partial charge < -0.3 is 9.64 Å². The Hall–Kier alpha value is -4.21. The van der Waals surface area contributed by atoms with Gasteiger partial charge in [-0.15, -0.1) is 0 Å². The molecule has 0 aliphatic carbocycles. The van der Waals surface area contributed by atoms with E-state index >= 15 is 0 Å². The normalized spacial score (nSPS) is 18.1. The minimum absolute atomic E-state index is 0.0274. The highest BCUT2D eigenvalue weighted by molar-refractivity contribution is 5.98. The summed E-state index contributed by atoms with van der Waals surface area (Å²) in [5.74, 6) is 1.70. The van der Waals surface area contributed by atoms with Crippen LogP contribution in [0.3, 0.4) is 0 Å². The van der Waals surface area contributed by atoms with Crippen LogP contribution in [0.1, 0.15) is 57.5 Å². The summed E-state index contributed by atoms with van der Waals surface area (Å²) < 4.78 is 9.76. The fourth-order valence-corrected chi connectivity index (χ4v) is 5.64. The Kier molecular flexibility index (Phi) is 5.70. The van der Waals surface area contributed by atoms with Crippen LogP contribution in [0, 0.1) is 0 Å². The molecule has 2 amide bonds. The Bertz CT molecular complexity index is 1570. The third kappa shape index (κ3) is 4.19. The molecule has 1 N–H and O–H groups in total. The van der Waals surface area contributed by atoms with E-state index in [1.165, 1.54) is 6.33 Å². The van der Waals surface area contributed by atoms with Crippen LogP contribution in [0.5, 0.6) is 11.6 Å². The second-order valence-corrected chi connectivity index (χ2v) is 10.9. The van der Waals surface area contributed by atoms with Crippen LogP contribution in [-0.2, 0) is 29.7 Å². The summed E-state index contributed by atoms with van der Waals surface area (Å²) >= 11 is 0. The highest BCUT2D eigenvalue weighted by Crippen LogP contribution is 2.35. The monoisotopic (exact) mass is 513 g/mol. The zero-order valence-electron chi connectivity index (χ0n) is 22.1. The Morgan fingerprint density at radius 3 is 2.79 bits per heavy atom. The fourth-order valence-electron chi connectivity index (χ4n) is 5.64. The quantitative estimate of drug-likeness (QED) is 0.419. The van der Waals surface area contributed by atoms with E-state index in [4.69, 9.17) is 4.74 Å². The summed E-state index contributed by atoms with van der Waals surface area (Å²) in [5, 5.41) is 8.42. The molecule has 1 aromatic carbocycles. The van der Waals surface area contributed by atoms with Crippen LogP contribution in [0.4, 0.5) is 10.6 Å². The highest BCUT2D eigenvalue weighted by atomic mass is 16.5. The molecule has 2 aliphatic rings. The number of anilines is 1. The molecule has 10 heteroatoms. The molecule has 0 saturated carbocycles. The van der Waals surface area contributed by atoms with Crippen molar-refractivity contribution in [1.29, 1.82) is 0 Å². The molecule has 6 rings (SSSR count). The van der Waals surface area contributed by atoms with Crippen LogP contribution < -0.4 is 10.1 Å². The maximum Gasteiger partial charge on any atom is 0.331 e. The van der Waals surface area contributed by atoms with Crippen molar-refractivity contribution in [3.05, 3.63) is 59.8 Å². The highest BCUT2D eigenvalue weighted by Gasteiger charge is 2.30. The average molecular weight is 514 g/mol. The summed E-state index contributed by atoms with van der Waals surface area (Å²) in [6.07, 6.45) is 6.02. The summed E-state index contributed by atoms with van der Waals surface area (Å²) in [6.45, 7) is 9.32. The van der Waals surface area contributed by atoms with Crippen molar-refractivity contribution < 1.29 is 14.3 Å². The van der Waals surface area contributed by atoms with Gasteiger partial charge >= 0.3 is 6.03 Å². The summed E-state index contributed by atoms with van der Waals surface area (Å²) in [6, 6.07) is 9.20. The predicted octanol–water partition coefficient (Wildman–Crippen LogP) is 4.86. The van der Waals surface area contributed by atoms with Crippen molar-refractivity contribution in [2.75, 3.05) is 5.32 Å². The third-order valence-electron chi connectivity index (χ3n) is 7.73. The molecule has 1 atom stereocenters. The van der Waals surface area contributed by atoms with Gasteiger partial charge in [0.05, 0.1) is 17.8 Å². The number of nitrogens with zero attached hydrogens (tertiary/aromatic N) is 6. The van der Waals surface area contributed by atoms with Crippen molar-refractivity contribution in [3.63, 3.8) is 0 Å². The molecule has 0 fully saturated rings. The second-order valence-electron chi connectivity index (χ2n) is 10.9. The molecule has 4 aromatic rings. The molecule has 5 heterocycles. The number of carbonyl (C=O) groups is 2. The Labute approximate surface area is 220 Å². The summed E-state index contributed by atoms with van der Waals surface area (Å²) in [4.78, 5) is 35.7. The molecule has 3 aromatic heterocycles. The van der Waals surface area contributed by atoms with E-state index in [-0.39, 0.29) is 23.4 Å². The van der Waals surface area contributed by atoms with Crippen LogP contribution >= 0.6 is 0 Å². The number of aromatic nitrogens is 5. The first-order valence-electron chi connectivity index (χ1n) is 13.0. The molecule has 10 nitrogen and oxygen atoms in total. The van der Waals surface area contributed by atoms with Gasteiger partial charge in [0.15, 0.2) is 5.82 Å². The molecule has 0 radical (unpaired) electrons. The predicted molar refractivity (Wildman–Crippen MR) is 142 cm³/mol. The molecule has 0 saturated heterocycles. The van der Waals surface area contributed by atoms with Crippen molar-refractivity contribution in [2.24, 2.45) is 0 Å². The van der Waals surface area contributed by atoms with Gasteiger partial charge in [0, 0.05) is 53.8 Å². The Balaban J connectivity index is 1.22. The Morgan fingerprint density at radius 2 is 2.00 bits per heavy atom. The zero-order valence-corrected chi connectivity index (χ0v) is 22.1. The number of ether oxygens (including phenoxy) is 1. The number of amides is 2. The number of hydrogen-bond donors (Lipinski definition) is 1. The fraction of sp³-hybridized carbons (Fsp3) is 0.393. The number of carbonyl (C=O) groups excluding carboxylic acids is 2. The average Bonchev–Trinajstić information content (AvgIpc) is 3.48. The van der Waals surface area contributed by atoms with Crippen LogP contribution in [0.15, 0.2) is 42.9 Å². The number of rotatable bonds is 3. The molecular weight excluding hydrogens is 482 g/mol. The van der Waals surface area contributed by atoms with Crippen LogP contribution in [0.2, 0.25) is 0 Å². The van der Waals surface area contributed by atoms with E-state index in [9.17, 15) is 9.59 Å². The van der Waals surface area contributed by atoms with Gasteiger partial charge in [0.2, 0.25) is 11.8 Å². The molecule has 2 aliphatic heterocycles. The lowest BCUT2D eigenvalue weighted by Crippen LogP contribution is -2.41. The van der Waals surface area contributed by atoms with Gasteiger partial charge in [-0.25, -0.2) is 14.8 Å². The number of nitrogens with one attached hydrogen (secondary N) is 1. The number of fused-ring (bicyclic) bond motifs is 3. The van der Waals surface area contributed by atoms with E-state index in [1.807, 2.05) is 41.9 Å². The first-order valence-corrected chi connectivity index (χ1v) is 13.0. The summed E-state index contributed by atoms with van der Waals surface area (Å²) in [7, 11) is 0. The van der Waals surface area contributed by atoms with E-state index < -0.39 is 0 Å². The SMILES string of the molecule is CC(=O)N1Cc2ncnc(Oc3ccc4c(ccn4C(=O)Nc4cc5n(n4)CCCC5(C)C)c3)c2C[C@@H]1C. The van der Waals surface area contributed by atoms with Gasteiger partial charge in [-0.2, -0.15) is 5.10 Å². The molecular formula is C28H31N7O3. The Morgan fingerprint density at radius 1 is 1.16 bits per heavy atom. The maximum atomic E-state index is 13.1. The first-order chi connectivity index (χ1) is 18.2. The lowest BCUT2D eigenvalue weighted by molar-refractivity contribution is -0.132. The van der Waals surface area contributed by atoms with E-state index in [0.717, 1.165) is 47.2 Å². The van der Waals surface area contributed by atoms with E-state index in [2.05, 4.69) is 34.2 Å². The smallest absolute Gasteiger partial charge is 0.331 e. The lowest BCUT2D eigenvalue weighted by Gasteiger charge is -2.33. The number of hydrogen-bond acceptors (Lipinski definition) is 6. The van der Waals surface area contributed by atoms with E-state index in [0.29, 0.717) is 30.4 Å². The van der Waals surface area contributed by atoms with Crippen LogP contribution in [-0.4, -0.2) is 47.2 Å². The minimum atomic E-state index is -0.268. The van der Waals surface area contributed by atoms with Crippen molar-refractivity contribution >= 4 is 28.7 Å². The van der Waals surface area contributed by atoms with Gasteiger partial charge in [0.25, 0.3) is 0 Å². The molecule has 196 valence electrons. The number of benzene rings is 1. The largest absolute Gasteiger partial charge is 0.439 e. The number of aryl methyl sites for hydroxylation is 1. The lowest BCUT2D eigenvalue weighted by atomic mass is 9.82. The molecule has 0 bridgehead atoms. The second kappa shape index (κ2) is 8.97. The molecule has 0 unspecified atom stereocenters. The van der Waals surface area contributed by atoms with Gasteiger partial charge in [-0.3, -0.25) is 19.4 Å². The molecule has 0 spiro atoms. The van der Waals surface area contributed by atoms with E-state index in [1.54, 1.807) is 22.6 Å². The topological polar surface area (TPSA) is 107 Å². The van der Waals surface area contributed by atoms with Crippen molar-refractivity contribution in [2.45, 2.75) is 71.5 Å². The van der Waals surface area contributed by atoms with Gasteiger partial charge in [-0.05, 0) is 50.5 Å². The summed E-state index contributed by atoms with van der Waals surface area (Å²) in [5.41, 5.74) is 3.67. The third-order valence-corrected chi connectivity index (χ3v) is 7.73. The van der Waals surface area contributed by atoms with Crippen molar-refractivity contribution in [3.8, 4) is 11.6 Å².